The van der Waals surface area contributed by atoms with E-state index in [9.17, 15) is 9.90 Å². The molecule has 192 valence electrons. The van der Waals surface area contributed by atoms with Crippen molar-refractivity contribution in [3.8, 4) is 11.1 Å². The van der Waals surface area contributed by atoms with E-state index < -0.39 is 17.7 Å². The van der Waals surface area contributed by atoms with Gasteiger partial charge in [0.1, 0.15) is 0 Å². The fourth-order valence-electron chi connectivity index (χ4n) is 5.36. The van der Waals surface area contributed by atoms with E-state index in [1.54, 1.807) is 0 Å². The molecule has 0 bridgehead atoms. The highest BCUT2D eigenvalue weighted by Gasteiger charge is 2.36. The molecule has 1 atom stereocenters. The molecule has 3 heterocycles. The van der Waals surface area contributed by atoms with Crippen LogP contribution in [0.15, 0.2) is 42.7 Å². The smallest absolute Gasteiger partial charge is 0.337 e. The lowest BCUT2D eigenvalue weighted by atomic mass is 9.87. The second-order valence-corrected chi connectivity index (χ2v) is 11.0. The summed E-state index contributed by atoms with van der Waals surface area (Å²) >= 11 is 0. The number of rotatable bonds is 5. The van der Waals surface area contributed by atoms with Gasteiger partial charge >= 0.3 is 5.97 Å². The van der Waals surface area contributed by atoms with Gasteiger partial charge in [0.05, 0.1) is 16.8 Å². The highest BCUT2D eigenvalue weighted by molar-refractivity contribution is 6.08. The highest BCUT2D eigenvalue weighted by atomic mass is 16.5. The van der Waals surface area contributed by atoms with Crippen molar-refractivity contribution in [3.63, 3.8) is 0 Å². The Labute approximate surface area is 217 Å². The molecule has 0 unspecified atom stereocenters. The van der Waals surface area contributed by atoms with Gasteiger partial charge in [-0.1, -0.05) is 29.8 Å². The Morgan fingerprint density at radius 3 is 2.24 bits per heavy atom. The van der Waals surface area contributed by atoms with Crippen LogP contribution in [0.2, 0.25) is 0 Å². The third-order valence-electron chi connectivity index (χ3n) is 6.95. The number of ether oxygens (including phenoxy) is 1. The van der Waals surface area contributed by atoms with Gasteiger partial charge in [-0.3, -0.25) is 0 Å². The number of aliphatic carboxylic acids is 1. The average molecular weight is 499 g/mol. The van der Waals surface area contributed by atoms with Crippen LogP contribution in [0.5, 0.6) is 0 Å². The SMILES string of the molecule is Cc1ccc(-c2c([C@H](OC(C)(C)C)C(=O)O)c(C)c3c4c2cc(C)n4CCN3c2ncc(C)cn2)cc1. The Kier molecular flexibility index (Phi) is 6.07. The molecule has 7 heteroatoms. The first-order chi connectivity index (χ1) is 17.5. The standard InChI is InChI=1S/C30H34N4O3/c1-17-8-10-21(11-9-17)24-22-14-19(3)33-12-13-34(29-31-15-18(2)16-32-29)25(26(22)33)20(4)23(24)27(28(35)36)37-30(5,6)7/h8-11,14-16,27H,12-13H2,1-7H3,(H,35,36)/t27-/m0/s1. The minimum atomic E-state index is -1.15. The zero-order chi connectivity index (χ0) is 26.6. The van der Waals surface area contributed by atoms with E-state index in [-0.39, 0.29) is 0 Å². The van der Waals surface area contributed by atoms with Gasteiger partial charge in [0.25, 0.3) is 0 Å². The van der Waals surface area contributed by atoms with Crippen LogP contribution < -0.4 is 4.90 Å². The Balaban J connectivity index is 1.90. The van der Waals surface area contributed by atoms with Crippen LogP contribution in [-0.4, -0.2) is 37.8 Å². The number of carboxylic acids is 1. The van der Waals surface area contributed by atoms with E-state index >= 15 is 0 Å². The molecule has 1 aliphatic rings. The zero-order valence-electron chi connectivity index (χ0n) is 22.6. The summed E-state index contributed by atoms with van der Waals surface area (Å²) in [6.45, 7) is 15.3. The third-order valence-corrected chi connectivity index (χ3v) is 6.95. The topological polar surface area (TPSA) is 80.5 Å². The fourth-order valence-corrected chi connectivity index (χ4v) is 5.36. The Morgan fingerprint density at radius 1 is 1.00 bits per heavy atom. The van der Waals surface area contributed by atoms with Crippen molar-refractivity contribution in [3.05, 3.63) is 70.7 Å². The monoisotopic (exact) mass is 498 g/mol. The molecule has 0 radical (unpaired) electrons. The van der Waals surface area contributed by atoms with Crippen molar-refractivity contribution < 1.29 is 14.6 Å². The zero-order valence-corrected chi connectivity index (χ0v) is 22.6. The predicted molar refractivity (Wildman–Crippen MR) is 147 cm³/mol. The van der Waals surface area contributed by atoms with Crippen molar-refractivity contribution in [1.29, 1.82) is 0 Å². The summed E-state index contributed by atoms with van der Waals surface area (Å²) in [5.74, 6) is -0.402. The molecule has 2 aromatic carbocycles. The molecule has 4 aromatic rings. The number of nitrogens with zero attached hydrogens (tertiary/aromatic N) is 4. The van der Waals surface area contributed by atoms with E-state index in [0.717, 1.165) is 56.6 Å². The van der Waals surface area contributed by atoms with Crippen molar-refractivity contribution in [2.45, 2.75) is 66.7 Å². The van der Waals surface area contributed by atoms with Gasteiger partial charge in [0.15, 0.2) is 6.10 Å². The van der Waals surface area contributed by atoms with E-state index in [1.165, 1.54) is 0 Å². The molecule has 37 heavy (non-hydrogen) atoms. The van der Waals surface area contributed by atoms with Crippen molar-refractivity contribution in [1.82, 2.24) is 14.5 Å². The quantitative estimate of drug-likeness (QED) is 0.342. The third kappa shape index (κ3) is 4.37. The Hall–Kier alpha value is -3.71. The lowest BCUT2D eigenvalue weighted by molar-refractivity contribution is -0.160. The normalized spacial score (nSPS) is 14.3. The van der Waals surface area contributed by atoms with Gasteiger partial charge in [-0.15, -0.1) is 0 Å². The summed E-state index contributed by atoms with van der Waals surface area (Å²) in [6.07, 6.45) is 2.49. The molecule has 5 rings (SSSR count). The van der Waals surface area contributed by atoms with Crippen LogP contribution in [-0.2, 0) is 16.1 Å². The molecule has 2 aromatic heterocycles. The minimum Gasteiger partial charge on any atom is -0.479 e. The molecular weight excluding hydrogens is 464 g/mol. The predicted octanol–water partition coefficient (Wildman–Crippen LogP) is 6.42. The van der Waals surface area contributed by atoms with Crippen molar-refractivity contribution >= 4 is 28.5 Å². The van der Waals surface area contributed by atoms with Gasteiger partial charge in [-0.05, 0) is 76.8 Å². The largest absolute Gasteiger partial charge is 0.479 e. The van der Waals surface area contributed by atoms with Crippen LogP contribution in [0.3, 0.4) is 0 Å². The molecule has 7 nitrogen and oxygen atoms in total. The Bertz CT molecular complexity index is 1500. The van der Waals surface area contributed by atoms with Crippen LogP contribution >= 0.6 is 0 Å². The number of benzene rings is 2. The molecule has 0 aliphatic carbocycles. The van der Waals surface area contributed by atoms with E-state index in [2.05, 4.69) is 63.6 Å². The molecular formula is C30H34N4O3. The van der Waals surface area contributed by atoms with Crippen LogP contribution in [0.4, 0.5) is 11.6 Å². The van der Waals surface area contributed by atoms with Crippen LogP contribution in [0, 0.1) is 27.7 Å². The second-order valence-electron chi connectivity index (χ2n) is 11.0. The maximum atomic E-state index is 12.8. The second kappa shape index (κ2) is 8.99. The van der Waals surface area contributed by atoms with Gasteiger partial charge < -0.3 is 19.3 Å². The summed E-state index contributed by atoms with van der Waals surface area (Å²) in [5.41, 5.74) is 8.03. The number of carboxylic acid groups (broad SMARTS) is 1. The number of aromatic nitrogens is 3. The van der Waals surface area contributed by atoms with Gasteiger partial charge in [-0.25, -0.2) is 14.8 Å². The average Bonchev–Trinajstić information content (AvgIpc) is 3.17. The minimum absolute atomic E-state index is 0.609. The highest BCUT2D eigenvalue weighted by Crippen LogP contribution is 2.49. The maximum Gasteiger partial charge on any atom is 0.337 e. The van der Waals surface area contributed by atoms with Gasteiger partial charge in [0.2, 0.25) is 5.95 Å². The number of hydrogen-bond acceptors (Lipinski definition) is 5. The lowest BCUT2D eigenvalue weighted by Crippen LogP contribution is -2.32. The first kappa shape index (κ1) is 25.0. The first-order valence-electron chi connectivity index (χ1n) is 12.7. The molecule has 0 spiro atoms. The van der Waals surface area contributed by atoms with E-state index in [0.29, 0.717) is 18.1 Å². The molecule has 0 fully saturated rings. The van der Waals surface area contributed by atoms with Crippen LogP contribution in [0.1, 0.15) is 54.8 Å². The first-order valence-corrected chi connectivity index (χ1v) is 12.7. The summed E-state index contributed by atoms with van der Waals surface area (Å²) in [7, 11) is 0. The molecule has 0 saturated heterocycles. The maximum absolute atomic E-state index is 12.8. The molecule has 0 amide bonds. The number of anilines is 2. The van der Waals surface area contributed by atoms with E-state index in [1.807, 2.05) is 47.0 Å². The summed E-state index contributed by atoms with van der Waals surface area (Å²) in [5, 5.41) is 11.5. The molecule has 1 aliphatic heterocycles. The number of aryl methyl sites for hydroxylation is 3. The van der Waals surface area contributed by atoms with E-state index in [4.69, 9.17) is 4.74 Å². The van der Waals surface area contributed by atoms with Crippen molar-refractivity contribution in [2.24, 2.45) is 0 Å². The van der Waals surface area contributed by atoms with Gasteiger partial charge in [-0.2, -0.15) is 0 Å². The lowest BCUT2D eigenvalue weighted by Gasteiger charge is -2.35. The summed E-state index contributed by atoms with van der Waals surface area (Å²) in [6, 6.07) is 10.4. The fraction of sp³-hybridized carbons (Fsp3) is 0.367. The molecule has 0 saturated carbocycles. The number of carbonyl (C=O) groups is 1. The number of hydrogen-bond donors (Lipinski definition) is 1. The van der Waals surface area contributed by atoms with Crippen LogP contribution in [0.25, 0.3) is 22.0 Å². The summed E-state index contributed by atoms with van der Waals surface area (Å²) < 4.78 is 8.58. The van der Waals surface area contributed by atoms with Gasteiger partial charge in [0, 0.05) is 42.1 Å². The molecule has 1 N–H and O–H groups in total. The Morgan fingerprint density at radius 2 is 1.65 bits per heavy atom. The van der Waals surface area contributed by atoms with Crippen molar-refractivity contribution in [2.75, 3.05) is 11.4 Å². The summed E-state index contributed by atoms with van der Waals surface area (Å²) in [4.78, 5) is 24.2.